The summed E-state index contributed by atoms with van der Waals surface area (Å²) in [6.45, 7) is 0. The van der Waals surface area contributed by atoms with Gasteiger partial charge in [-0.2, -0.15) is 5.10 Å². The van der Waals surface area contributed by atoms with E-state index in [4.69, 9.17) is 0 Å². The first-order chi connectivity index (χ1) is 8.42. The Morgan fingerprint density at radius 1 is 1.00 bits per heavy atom. The molecule has 0 aliphatic rings. The molecule has 3 rings (SSSR count). The Morgan fingerprint density at radius 2 is 1.88 bits per heavy atom. The molecule has 0 aliphatic heterocycles. The molecule has 0 amide bonds. The van der Waals surface area contributed by atoms with E-state index in [0.717, 1.165) is 24.3 Å². The lowest BCUT2D eigenvalue weighted by molar-refractivity contribution is 0.808. The van der Waals surface area contributed by atoms with E-state index >= 15 is 0 Å². The highest BCUT2D eigenvalue weighted by atomic mass is 15.3. The number of aryl methyl sites for hydroxylation is 2. The number of hydrogen-bond acceptors (Lipinski definition) is 3. The van der Waals surface area contributed by atoms with Gasteiger partial charge in [0.2, 0.25) is 0 Å². The molecule has 0 saturated carbocycles. The molecule has 0 aliphatic carbocycles. The van der Waals surface area contributed by atoms with E-state index in [-0.39, 0.29) is 0 Å². The van der Waals surface area contributed by atoms with Gasteiger partial charge in [0.15, 0.2) is 5.65 Å². The number of hydrogen-bond donors (Lipinski definition) is 0. The minimum absolute atomic E-state index is 0.850. The van der Waals surface area contributed by atoms with Crippen molar-refractivity contribution < 1.29 is 0 Å². The zero-order valence-corrected chi connectivity index (χ0v) is 9.32. The molecule has 4 heteroatoms. The first kappa shape index (κ1) is 9.96. The lowest BCUT2D eigenvalue weighted by Gasteiger charge is -2.01. The van der Waals surface area contributed by atoms with Gasteiger partial charge in [-0.15, -0.1) is 0 Å². The highest BCUT2D eigenvalue weighted by molar-refractivity contribution is 5.34. The highest BCUT2D eigenvalue weighted by Gasteiger charge is 2.00. The van der Waals surface area contributed by atoms with Crippen molar-refractivity contribution in [2.75, 3.05) is 0 Å². The molecule has 84 valence electrons. The maximum Gasteiger partial charge on any atom is 0.158 e. The summed E-state index contributed by atoms with van der Waals surface area (Å²) in [4.78, 5) is 8.72. The molecule has 2 aromatic heterocycles. The first-order valence-corrected chi connectivity index (χ1v) is 5.61. The number of rotatable bonds is 3. The summed E-state index contributed by atoms with van der Waals surface area (Å²) in [5.74, 6) is 0.863. The standard InChI is InChI=1S/C13H12N4/c1-2-4-11(5-3-1)6-7-12-14-10-17-13(16-12)8-9-15-17/h1-5,8-10H,6-7H2. The summed E-state index contributed by atoms with van der Waals surface area (Å²) >= 11 is 0. The van der Waals surface area contributed by atoms with Crippen LogP contribution in [0.3, 0.4) is 0 Å². The van der Waals surface area contributed by atoms with Crippen molar-refractivity contribution >= 4 is 5.65 Å². The van der Waals surface area contributed by atoms with Crippen molar-refractivity contribution in [1.82, 2.24) is 19.6 Å². The Labute approximate surface area is 99.0 Å². The molecule has 0 atom stereocenters. The van der Waals surface area contributed by atoms with Gasteiger partial charge < -0.3 is 0 Å². The molecule has 4 nitrogen and oxygen atoms in total. The van der Waals surface area contributed by atoms with E-state index in [1.165, 1.54) is 5.56 Å². The molecule has 0 radical (unpaired) electrons. The summed E-state index contributed by atoms with van der Waals surface area (Å²) in [6, 6.07) is 12.3. The van der Waals surface area contributed by atoms with Crippen molar-refractivity contribution in [3.05, 3.63) is 60.3 Å². The van der Waals surface area contributed by atoms with Crippen LogP contribution in [-0.2, 0) is 12.8 Å². The zero-order valence-electron chi connectivity index (χ0n) is 9.32. The Kier molecular flexibility index (Phi) is 2.54. The topological polar surface area (TPSA) is 43.1 Å². The summed E-state index contributed by atoms with van der Waals surface area (Å²) < 4.78 is 1.67. The van der Waals surface area contributed by atoms with Crippen molar-refractivity contribution in [2.45, 2.75) is 12.8 Å². The van der Waals surface area contributed by atoms with Crippen LogP contribution in [0.1, 0.15) is 11.4 Å². The molecule has 1 aromatic carbocycles. The molecule has 17 heavy (non-hydrogen) atoms. The molecule has 0 fully saturated rings. The predicted octanol–water partition coefficient (Wildman–Crippen LogP) is 1.91. The van der Waals surface area contributed by atoms with Gasteiger partial charge in [0.05, 0.1) is 6.20 Å². The minimum Gasteiger partial charge on any atom is -0.221 e. The van der Waals surface area contributed by atoms with Crippen LogP contribution in [0, 0.1) is 0 Å². The lowest BCUT2D eigenvalue weighted by atomic mass is 10.1. The van der Waals surface area contributed by atoms with Crippen LogP contribution in [0.15, 0.2) is 48.9 Å². The molecular formula is C13H12N4. The molecule has 0 unspecified atom stereocenters. The Morgan fingerprint density at radius 3 is 2.76 bits per heavy atom. The van der Waals surface area contributed by atoms with E-state index in [2.05, 4.69) is 39.3 Å². The van der Waals surface area contributed by atoms with E-state index < -0.39 is 0 Å². The first-order valence-electron chi connectivity index (χ1n) is 5.61. The quantitative estimate of drug-likeness (QED) is 0.682. The fraction of sp³-hybridized carbons (Fsp3) is 0.154. The lowest BCUT2D eigenvalue weighted by Crippen LogP contribution is -2.01. The normalized spacial score (nSPS) is 10.8. The maximum absolute atomic E-state index is 4.44. The van der Waals surface area contributed by atoms with E-state index in [1.54, 1.807) is 17.0 Å². The van der Waals surface area contributed by atoms with Gasteiger partial charge in [-0.25, -0.2) is 14.5 Å². The van der Waals surface area contributed by atoms with E-state index in [0.29, 0.717) is 0 Å². The summed E-state index contributed by atoms with van der Waals surface area (Å²) in [5.41, 5.74) is 2.16. The van der Waals surface area contributed by atoms with E-state index in [1.807, 2.05) is 12.1 Å². The second kappa shape index (κ2) is 4.33. The summed E-state index contributed by atoms with van der Waals surface area (Å²) in [7, 11) is 0. The van der Waals surface area contributed by atoms with Gasteiger partial charge in [0.1, 0.15) is 12.2 Å². The SMILES string of the molecule is c1ccc(CCc2ncn3nccc3n2)cc1. The highest BCUT2D eigenvalue weighted by Crippen LogP contribution is 2.04. The predicted molar refractivity (Wildman–Crippen MR) is 64.6 cm³/mol. The number of fused-ring (bicyclic) bond motifs is 1. The minimum atomic E-state index is 0.850. The van der Waals surface area contributed by atoms with Crippen LogP contribution < -0.4 is 0 Å². The monoisotopic (exact) mass is 224 g/mol. The van der Waals surface area contributed by atoms with Crippen molar-refractivity contribution in [3.8, 4) is 0 Å². The van der Waals surface area contributed by atoms with Crippen molar-refractivity contribution in [2.24, 2.45) is 0 Å². The Bertz CT molecular complexity index is 615. The number of nitrogens with zero attached hydrogens (tertiary/aromatic N) is 4. The summed E-state index contributed by atoms with van der Waals surface area (Å²) in [5, 5.41) is 4.07. The van der Waals surface area contributed by atoms with Gasteiger partial charge in [0, 0.05) is 12.5 Å². The smallest absolute Gasteiger partial charge is 0.158 e. The van der Waals surface area contributed by atoms with E-state index in [9.17, 15) is 0 Å². The zero-order chi connectivity index (χ0) is 11.5. The van der Waals surface area contributed by atoms with Gasteiger partial charge in [-0.05, 0) is 12.0 Å². The molecule has 0 N–H and O–H groups in total. The molecule has 0 bridgehead atoms. The van der Waals surface area contributed by atoms with Crippen LogP contribution in [0.4, 0.5) is 0 Å². The molecular weight excluding hydrogens is 212 g/mol. The van der Waals surface area contributed by atoms with Gasteiger partial charge >= 0.3 is 0 Å². The van der Waals surface area contributed by atoms with Crippen molar-refractivity contribution in [3.63, 3.8) is 0 Å². The van der Waals surface area contributed by atoms with Crippen LogP contribution in [0.5, 0.6) is 0 Å². The van der Waals surface area contributed by atoms with Gasteiger partial charge in [-0.1, -0.05) is 30.3 Å². The fourth-order valence-electron chi connectivity index (χ4n) is 1.79. The maximum atomic E-state index is 4.44. The van der Waals surface area contributed by atoms with Crippen LogP contribution in [0.2, 0.25) is 0 Å². The average Bonchev–Trinajstić information content (AvgIpc) is 2.85. The number of benzene rings is 1. The van der Waals surface area contributed by atoms with Gasteiger partial charge in [-0.3, -0.25) is 0 Å². The van der Waals surface area contributed by atoms with Crippen LogP contribution in [-0.4, -0.2) is 19.6 Å². The third kappa shape index (κ3) is 2.15. The second-order valence-corrected chi connectivity index (χ2v) is 3.89. The van der Waals surface area contributed by atoms with Crippen LogP contribution >= 0.6 is 0 Å². The third-order valence-corrected chi connectivity index (χ3v) is 2.69. The average molecular weight is 224 g/mol. The number of aromatic nitrogens is 4. The third-order valence-electron chi connectivity index (χ3n) is 2.69. The molecule has 2 heterocycles. The van der Waals surface area contributed by atoms with Crippen LogP contribution in [0.25, 0.3) is 5.65 Å². The summed E-state index contributed by atoms with van der Waals surface area (Å²) in [6.07, 6.45) is 5.25. The largest absolute Gasteiger partial charge is 0.221 e. The second-order valence-electron chi connectivity index (χ2n) is 3.89. The van der Waals surface area contributed by atoms with Crippen molar-refractivity contribution in [1.29, 1.82) is 0 Å². The molecule has 3 aromatic rings. The fourth-order valence-corrected chi connectivity index (χ4v) is 1.79. The molecule has 0 saturated heterocycles. The Hall–Kier alpha value is -2.23. The van der Waals surface area contributed by atoms with Gasteiger partial charge in [0.25, 0.3) is 0 Å². The molecule has 0 spiro atoms. The Balaban J connectivity index is 1.76.